The lowest BCUT2D eigenvalue weighted by Gasteiger charge is -2.54. The third kappa shape index (κ3) is 1.66. The fraction of sp³-hybridized carbons (Fsp3) is 1.00. The molecule has 72 valence electrons. The van der Waals surface area contributed by atoms with Gasteiger partial charge in [0.05, 0.1) is 0 Å². The molecule has 1 aliphatic rings. The van der Waals surface area contributed by atoms with E-state index in [9.17, 15) is 0 Å². The van der Waals surface area contributed by atoms with Gasteiger partial charge in [-0.1, -0.05) is 34.6 Å². The second kappa shape index (κ2) is 3.02. The minimum Gasteiger partial charge on any atom is -0.302 e. The summed E-state index contributed by atoms with van der Waals surface area (Å²) < 4.78 is 0. The van der Waals surface area contributed by atoms with Crippen molar-refractivity contribution >= 4 is 0 Å². The highest BCUT2D eigenvalue weighted by molar-refractivity contribution is 4.97. The number of hydrogen-bond acceptors (Lipinski definition) is 1. The van der Waals surface area contributed by atoms with E-state index in [-0.39, 0.29) is 0 Å². The number of likely N-dealkylation sites (tertiary alicyclic amines) is 1. The van der Waals surface area contributed by atoms with Crippen LogP contribution in [0.1, 0.15) is 34.6 Å². The molecule has 0 radical (unpaired) electrons. The Hall–Kier alpha value is -0.0400. The maximum absolute atomic E-state index is 2.49. The van der Waals surface area contributed by atoms with Crippen LogP contribution in [-0.4, -0.2) is 24.5 Å². The van der Waals surface area contributed by atoms with E-state index in [0.717, 1.165) is 17.9 Å². The van der Waals surface area contributed by atoms with Gasteiger partial charge in [0, 0.05) is 12.6 Å². The van der Waals surface area contributed by atoms with Crippen molar-refractivity contribution in [1.82, 2.24) is 4.90 Å². The van der Waals surface area contributed by atoms with E-state index in [1.807, 2.05) is 0 Å². The van der Waals surface area contributed by atoms with Gasteiger partial charge >= 0.3 is 0 Å². The van der Waals surface area contributed by atoms with Gasteiger partial charge < -0.3 is 4.90 Å². The van der Waals surface area contributed by atoms with Gasteiger partial charge in [0.2, 0.25) is 0 Å². The molecule has 1 heterocycles. The summed E-state index contributed by atoms with van der Waals surface area (Å²) in [4.78, 5) is 2.49. The van der Waals surface area contributed by atoms with Crippen molar-refractivity contribution in [3.8, 4) is 0 Å². The predicted octanol–water partition coefficient (Wildman–Crippen LogP) is 2.62. The van der Waals surface area contributed by atoms with Gasteiger partial charge in [-0.15, -0.1) is 0 Å². The molecular formula is C11H23N. The molecule has 2 unspecified atom stereocenters. The number of nitrogens with zero attached hydrogens (tertiary/aromatic N) is 1. The first-order chi connectivity index (χ1) is 5.34. The Balaban J connectivity index is 2.60. The molecule has 0 spiro atoms. The largest absolute Gasteiger partial charge is 0.302 e. The van der Waals surface area contributed by atoms with Crippen LogP contribution in [0.3, 0.4) is 0 Å². The van der Waals surface area contributed by atoms with E-state index < -0.39 is 0 Å². The lowest BCUT2D eigenvalue weighted by molar-refractivity contribution is -0.0510. The summed E-state index contributed by atoms with van der Waals surface area (Å²) in [5, 5.41) is 0. The van der Waals surface area contributed by atoms with Gasteiger partial charge in [0.15, 0.2) is 0 Å². The van der Waals surface area contributed by atoms with Crippen LogP contribution in [0.5, 0.6) is 0 Å². The third-order valence-corrected chi connectivity index (χ3v) is 3.20. The first-order valence-corrected chi connectivity index (χ1v) is 5.04. The Morgan fingerprint density at radius 2 is 1.75 bits per heavy atom. The molecule has 0 aromatic heterocycles. The van der Waals surface area contributed by atoms with E-state index in [1.165, 1.54) is 6.54 Å². The van der Waals surface area contributed by atoms with E-state index in [1.54, 1.807) is 0 Å². The van der Waals surface area contributed by atoms with Gasteiger partial charge in [-0.2, -0.15) is 0 Å². The van der Waals surface area contributed by atoms with Crippen LogP contribution in [0.25, 0.3) is 0 Å². The van der Waals surface area contributed by atoms with Crippen molar-refractivity contribution in [2.45, 2.75) is 40.7 Å². The molecule has 1 aliphatic heterocycles. The fourth-order valence-corrected chi connectivity index (χ4v) is 2.47. The van der Waals surface area contributed by atoms with Crippen LogP contribution >= 0.6 is 0 Å². The Bertz CT molecular complexity index is 150. The summed E-state index contributed by atoms with van der Waals surface area (Å²) in [6.45, 7) is 13.0. The molecule has 1 nitrogen and oxygen atoms in total. The average Bonchev–Trinajstić information content (AvgIpc) is 1.78. The molecule has 0 bridgehead atoms. The van der Waals surface area contributed by atoms with Gasteiger partial charge in [0.25, 0.3) is 0 Å². The maximum Gasteiger partial charge on any atom is 0.0161 e. The number of rotatable bonds is 1. The minimum absolute atomic E-state index is 0.488. The van der Waals surface area contributed by atoms with Crippen LogP contribution in [0, 0.1) is 17.3 Å². The normalized spacial score (nSPS) is 32.2. The van der Waals surface area contributed by atoms with Crippen molar-refractivity contribution in [3.63, 3.8) is 0 Å². The Labute approximate surface area is 77.1 Å². The Morgan fingerprint density at radius 1 is 1.25 bits per heavy atom. The van der Waals surface area contributed by atoms with Gasteiger partial charge in [-0.05, 0) is 24.3 Å². The zero-order valence-electron chi connectivity index (χ0n) is 9.39. The summed E-state index contributed by atoms with van der Waals surface area (Å²) in [6.07, 6.45) is 0. The standard InChI is InChI=1S/C11H23N/c1-8(2)10-9(7-12(10)6)11(3,4)5/h8-10H,7H2,1-6H3. The van der Waals surface area contributed by atoms with Gasteiger partial charge in [-0.3, -0.25) is 0 Å². The molecule has 1 fully saturated rings. The summed E-state index contributed by atoms with van der Waals surface area (Å²) in [5.74, 6) is 1.69. The van der Waals surface area contributed by atoms with E-state index in [2.05, 4.69) is 46.6 Å². The quantitative estimate of drug-likeness (QED) is 0.583. The monoisotopic (exact) mass is 169 g/mol. The van der Waals surface area contributed by atoms with Crippen molar-refractivity contribution in [2.75, 3.05) is 13.6 Å². The highest BCUT2D eigenvalue weighted by Crippen LogP contribution is 2.41. The smallest absolute Gasteiger partial charge is 0.0161 e. The molecule has 0 saturated carbocycles. The first-order valence-electron chi connectivity index (χ1n) is 5.04. The fourth-order valence-electron chi connectivity index (χ4n) is 2.47. The summed E-state index contributed by atoms with van der Waals surface area (Å²) in [6, 6.07) is 0.810. The van der Waals surface area contributed by atoms with Gasteiger partial charge in [-0.25, -0.2) is 0 Å². The summed E-state index contributed by atoms with van der Waals surface area (Å²) in [5.41, 5.74) is 0.488. The van der Waals surface area contributed by atoms with Crippen LogP contribution in [0.2, 0.25) is 0 Å². The summed E-state index contributed by atoms with van der Waals surface area (Å²) >= 11 is 0. The van der Waals surface area contributed by atoms with Crippen LogP contribution in [0.15, 0.2) is 0 Å². The van der Waals surface area contributed by atoms with Crippen LogP contribution in [-0.2, 0) is 0 Å². The lowest BCUT2D eigenvalue weighted by Crippen LogP contribution is -2.60. The second-order valence-electron chi connectivity index (χ2n) is 5.65. The van der Waals surface area contributed by atoms with Crippen LogP contribution in [0.4, 0.5) is 0 Å². The molecule has 1 saturated heterocycles. The third-order valence-electron chi connectivity index (χ3n) is 3.20. The molecule has 0 aromatic rings. The number of hydrogen-bond donors (Lipinski definition) is 0. The highest BCUT2D eigenvalue weighted by atomic mass is 15.2. The minimum atomic E-state index is 0.488. The molecule has 0 aliphatic carbocycles. The molecule has 0 amide bonds. The molecule has 0 aromatic carbocycles. The van der Waals surface area contributed by atoms with Crippen molar-refractivity contribution in [1.29, 1.82) is 0 Å². The van der Waals surface area contributed by atoms with E-state index in [0.29, 0.717) is 5.41 Å². The van der Waals surface area contributed by atoms with Crippen molar-refractivity contribution in [3.05, 3.63) is 0 Å². The van der Waals surface area contributed by atoms with Crippen LogP contribution < -0.4 is 0 Å². The Kier molecular flexibility index (Phi) is 2.53. The zero-order valence-corrected chi connectivity index (χ0v) is 9.39. The highest BCUT2D eigenvalue weighted by Gasteiger charge is 2.44. The molecule has 1 heteroatoms. The molecule has 12 heavy (non-hydrogen) atoms. The summed E-state index contributed by atoms with van der Waals surface area (Å²) in [7, 11) is 2.24. The molecule has 1 rings (SSSR count). The van der Waals surface area contributed by atoms with Crippen molar-refractivity contribution < 1.29 is 0 Å². The second-order valence-corrected chi connectivity index (χ2v) is 5.65. The maximum atomic E-state index is 2.49. The Morgan fingerprint density at radius 3 is 1.92 bits per heavy atom. The lowest BCUT2D eigenvalue weighted by atomic mass is 9.67. The van der Waals surface area contributed by atoms with E-state index >= 15 is 0 Å². The average molecular weight is 169 g/mol. The topological polar surface area (TPSA) is 3.24 Å². The molecule has 0 N–H and O–H groups in total. The van der Waals surface area contributed by atoms with E-state index in [4.69, 9.17) is 0 Å². The SMILES string of the molecule is CC(C)C1C(C(C)(C)C)CN1C. The first kappa shape index (κ1) is 10.0. The van der Waals surface area contributed by atoms with Crippen molar-refractivity contribution in [2.24, 2.45) is 17.3 Å². The molecular weight excluding hydrogens is 146 g/mol. The molecule has 2 atom stereocenters. The predicted molar refractivity (Wildman–Crippen MR) is 54.2 cm³/mol. The zero-order chi connectivity index (χ0) is 9.52. The van der Waals surface area contributed by atoms with Gasteiger partial charge in [0.1, 0.15) is 0 Å².